The summed E-state index contributed by atoms with van der Waals surface area (Å²) in [5.41, 5.74) is 0. The second kappa shape index (κ2) is 8.26. The van der Waals surface area contributed by atoms with E-state index >= 15 is 0 Å². The molecule has 114 valence electrons. The summed E-state index contributed by atoms with van der Waals surface area (Å²) in [5, 5.41) is 0. The Morgan fingerprint density at radius 3 is 2.16 bits per heavy atom. The van der Waals surface area contributed by atoms with Crippen LogP contribution in [-0.2, 0) is 9.47 Å². The zero-order chi connectivity index (χ0) is 14.3. The maximum Gasteiger partial charge on any atom is 0.165 e. The van der Waals surface area contributed by atoms with Crippen molar-refractivity contribution in [1.82, 2.24) is 0 Å². The van der Waals surface area contributed by atoms with Gasteiger partial charge in [-0.15, -0.1) is 0 Å². The number of hydrogen-bond acceptors (Lipinski definition) is 2. The number of hydrogen-bond donors (Lipinski definition) is 0. The van der Waals surface area contributed by atoms with Gasteiger partial charge in [0.25, 0.3) is 0 Å². The molecule has 1 aliphatic rings. The summed E-state index contributed by atoms with van der Waals surface area (Å²) in [5.74, 6) is 1.91. The van der Waals surface area contributed by atoms with E-state index in [4.69, 9.17) is 9.47 Å². The van der Waals surface area contributed by atoms with E-state index in [2.05, 4.69) is 34.6 Å². The molecule has 0 amide bonds. The first-order valence-corrected chi connectivity index (χ1v) is 8.19. The molecule has 0 aromatic rings. The lowest BCUT2D eigenvalue weighted by Crippen LogP contribution is -2.41. The molecule has 0 spiro atoms. The summed E-state index contributed by atoms with van der Waals surface area (Å²) in [6, 6.07) is 0. The van der Waals surface area contributed by atoms with Gasteiger partial charge >= 0.3 is 0 Å². The second-order valence-corrected chi connectivity index (χ2v) is 7.18. The van der Waals surface area contributed by atoms with Gasteiger partial charge in [0.05, 0.1) is 13.2 Å². The van der Waals surface area contributed by atoms with Crippen LogP contribution >= 0.6 is 0 Å². The van der Waals surface area contributed by atoms with E-state index in [1.165, 1.54) is 32.1 Å². The minimum absolute atomic E-state index is 0.315. The van der Waals surface area contributed by atoms with Crippen LogP contribution in [0.2, 0.25) is 0 Å². The van der Waals surface area contributed by atoms with Crippen molar-refractivity contribution in [1.29, 1.82) is 0 Å². The summed E-state index contributed by atoms with van der Waals surface area (Å²) in [7, 11) is 0. The van der Waals surface area contributed by atoms with Crippen LogP contribution in [0.5, 0.6) is 0 Å². The number of ether oxygens (including phenoxy) is 2. The van der Waals surface area contributed by atoms with Crippen LogP contribution in [0, 0.1) is 17.8 Å². The van der Waals surface area contributed by atoms with E-state index in [0.29, 0.717) is 5.92 Å². The largest absolute Gasteiger partial charge is 0.350 e. The molecule has 19 heavy (non-hydrogen) atoms. The highest BCUT2D eigenvalue weighted by atomic mass is 16.7. The highest BCUT2D eigenvalue weighted by Crippen LogP contribution is 2.28. The summed E-state index contributed by atoms with van der Waals surface area (Å²) in [6.45, 7) is 13.0. The second-order valence-electron chi connectivity index (χ2n) is 7.18. The third-order valence-corrected chi connectivity index (χ3v) is 4.15. The average Bonchev–Trinajstić information content (AvgIpc) is 2.33. The quantitative estimate of drug-likeness (QED) is 0.616. The van der Waals surface area contributed by atoms with Gasteiger partial charge in [0.15, 0.2) is 5.79 Å². The van der Waals surface area contributed by atoms with Gasteiger partial charge in [-0.3, -0.25) is 0 Å². The molecule has 0 radical (unpaired) electrons. The van der Waals surface area contributed by atoms with E-state index in [9.17, 15) is 0 Å². The Balaban J connectivity index is 2.09. The first kappa shape index (κ1) is 17.0. The van der Waals surface area contributed by atoms with Crippen LogP contribution in [-0.4, -0.2) is 19.0 Å². The first-order chi connectivity index (χ1) is 8.91. The van der Waals surface area contributed by atoms with Gasteiger partial charge in [-0.05, 0) is 25.2 Å². The lowest BCUT2D eigenvalue weighted by atomic mass is 9.94. The van der Waals surface area contributed by atoms with Gasteiger partial charge in [0.2, 0.25) is 0 Å². The Hall–Kier alpha value is -0.0800. The van der Waals surface area contributed by atoms with Crippen LogP contribution < -0.4 is 0 Å². The molecular formula is C17H34O2. The van der Waals surface area contributed by atoms with Crippen LogP contribution in [0.4, 0.5) is 0 Å². The minimum atomic E-state index is -0.315. The zero-order valence-corrected chi connectivity index (χ0v) is 13.7. The van der Waals surface area contributed by atoms with E-state index in [1.54, 1.807) is 0 Å². The van der Waals surface area contributed by atoms with Crippen LogP contribution in [0.25, 0.3) is 0 Å². The molecule has 1 aliphatic heterocycles. The molecule has 1 saturated heterocycles. The Bertz CT molecular complexity index is 229. The lowest BCUT2D eigenvalue weighted by Gasteiger charge is -2.37. The molecule has 0 aromatic carbocycles. The Morgan fingerprint density at radius 2 is 1.58 bits per heavy atom. The molecule has 0 N–H and O–H groups in total. The van der Waals surface area contributed by atoms with Gasteiger partial charge in [0, 0.05) is 12.3 Å². The fourth-order valence-corrected chi connectivity index (χ4v) is 2.66. The molecule has 1 rings (SSSR count). The SMILES string of the molecule is CC(C)CCCC(C)CCCC1(C)OCC(C)CO1. The topological polar surface area (TPSA) is 18.5 Å². The van der Waals surface area contributed by atoms with Gasteiger partial charge in [0.1, 0.15) is 0 Å². The maximum atomic E-state index is 5.85. The summed E-state index contributed by atoms with van der Waals surface area (Å²) < 4.78 is 11.7. The van der Waals surface area contributed by atoms with Gasteiger partial charge < -0.3 is 9.47 Å². The highest BCUT2D eigenvalue weighted by Gasteiger charge is 2.30. The molecule has 2 heteroatoms. The molecule has 1 fully saturated rings. The monoisotopic (exact) mass is 270 g/mol. The Labute approximate surface area is 120 Å². The lowest BCUT2D eigenvalue weighted by molar-refractivity contribution is -0.274. The molecule has 0 aliphatic carbocycles. The van der Waals surface area contributed by atoms with Crippen molar-refractivity contribution in [2.75, 3.05) is 13.2 Å². The van der Waals surface area contributed by atoms with E-state index < -0.39 is 0 Å². The van der Waals surface area contributed by atoms with Crippen molar-refractivity contribution in [2.45, 2.75) is 78.9 Å². The Kier molecular flexibility index (Phi) is 7.38. The fraction of sp³-hybridized carbons (Fsp3) is 1.00. The van der Waals surface area contributed by atoms with E-state index in [0.717, 1.165) is 31.5 Å². The molecular weight excluding hydrogens is 236 g/mol. The van der Waals surface area contributed by atoms with E-state index in [-0.39, 0.29) is 5.79 Å². The summed E-state index contributed by atoms with van der Waals surface area (Å²) in [6.07, 6.45) is 7.67. The van der Waals surface area contributed by atoms with Crippen molar-refractivity contribution in [3.8, 4) is 0 Å². The third kappa shape index (κ3) is 7.31. The van der Waals surface area contributed by atoms with E-state index in [1.807, 2.05) is 0 Å². The van der Waals surface area contributed by atoms with Crippen LogP contribution in [0.3, 0.4) is 0 Å². The minimum Gasteiger partial charge on any atom is -0.350 e. The molecule has 1 heterocycles. The summed E-state index contributed by atoms with van der Waals surface area (Å²) >= 11 is 0. The molecule has 0 bridgehead atoms. The first-order valence-electron chi connectivity index (χ1n) is 8.19. The predicted octanol–water partition coefficient (Wildman–Crippen LogP) is 5.02. The number of rotatable bonds is 8. The molecule has 0 saturated carbocycles. The van der Waals surface area contributed by atoms with Crippen molar-refractivity contribution >= 4 is 0 Å². The standard InChI is InChI=1S/C17H34O2/c1-14(2)8-6-9-15(3)10-7-11-17(5)18-12-16(4)13-19-17/h14-16H,6-13H2,1-5H3. The molecule has 1 atom stereocenters. The normalized spacial score (nSPS) is 29.7. The smallest absolute Gasteiger partial charge is 0.165 e. The fourth-order valence-electron chi connectivity index (χ4n) is 2.66. The zero-order valence-electron chi connectivity index (χ0n) is 13.7. The average molecular weight is 270 g/mol. The Morgan fingerprint density at radius 1 is 1.00 bits per heavy atom. The maximum absolute atomic E-state index is 5.85. The third-order valence-electron chi connectivity index (χ3n) is 4.15. The van der Waals surface area contributed by atoms with Crippen LogP contribution in [0.1, 0.15) is 73.1 Å². The summed E-state index contributed by atoms with van der Waals surface area (Å²) in [4.78, 5) is 0. The van der Waals surface area contributed by atoms with Gasteiger partial charge in [-0.25, -0.2) is 0 Å². The van der Waals surface area contributed by atoms with Gasteiger partial charge in [-0.1, -0.05) is 53.4 Å². The van der Waals surface area contributed by atoms with Gasteiger partial charge in [-0.2, -0.15) is 0 Å². The predicted molar refractivity (Wildman–Crippen MR) is 81.2 cm³/mol. The molecule has 2 nitrogen and oxygen atoms in total. The highest BCUT2D eigenvalue weighted by molar-refractivity contribution is 4.70. The van der Waals surface area contributed by atoms with Crippen molar-refractivity contribution in [3.05, 3.63) is 0 Å². The molecule has 0 aromatic heterocycles. The van der Waals surface area contributed by atoms with Crippen molar-refractivity contribution in [3.63, 3.8) is 0 Å². The van der Waals surface area contributed by atoms with Crippen molar-refractivity contribution in [2.24, 2.45) is 17.8 Å². The van der Waals surface area contributed by atoms with Crippen molar-refractivity contribution < 1.29 is 9.47 Å². The molecule has 1 unspecified atom stereocenters. The van der Waals surface area contributed by atoms with Crippen LogP contribution in [0.15, 0.2) is 0 Å².